The Morgan fingerprint density at radius 2 is 1.88 bits per heavy atom. The normalized spacial score (nSPS) is 16.0. The van der Waals surface area contributed by atoms with Gasteiger partial charge in [0.1, 0.15) is 6.54 Å². The van der Waals surface area contributed by atoms with Crippen molar-refractivity contribution in [1.29, 1.82) is 0 Å². The molecule has 7 heteroatoms. The summed E-state index contributed by atoms with van der Waals surface area (Å²) < 4.78 is 37.2. The van der Waals surface area contributed by atoms with Gasteiger partial charge in [0.15, 0.2) is 0 Å². The third-order valence-corrected chi connectivity index (χ3v) is 2.47. The minimum atomic E-state index is -4.26. The summed E-state index contributed by atoms with van der Waals surface area (Å²) in [5, 5.41) is 8.80. The molecule has 4 nitrogen and oxygen atoms in total. The maximum atomic E-state index is 12.4. The van der Waals surface area contributed by atoms with E-state index in [1.165, 1.54) is 17.3 Å². The van der Waals surface area contributed by atoms with E-state index in [0.717, 1.165) is 12.8 Å². The van der Waals surface area contributed by atoms with Gasteiger partial charge in [0.2, 0.25) is 5.95 Å². The summed E-state index contributed by atoms with van der Waals surface area (Å²) in [4.78, 5) is 8.87. The largest absolute Gasteiger partial charge is 0.406 e. The second-order valence-electron chi connectivity index (χ2n) is 4.02. The van der Waals surface area contributed by atoms with Crippen molar-refractivity contribution >= 4 is 5.95 Å². The smallest absolute Gasteiger partial charge is 0.392 e. The average molecular weight is 247 g/mol. The first-order chi connectivity index (χ1) is 7.99. The molecule has 0 unspecified atom stereocenters. The van der Waals surface area contributed by atoms with Crippen molar-refractivity contribution in [3.8, 4) is 0 Å². The van der Waals surface area contributed by atoms with Gasteiger partial charge in [0.05, 0.1) is 6.61 Å². The molecule has 1 aliphatic carbocycles. The lowest BCUT2D eigenvalue weighted by atomic mass is 10.4. The second kappa shape index (κ2) is 4.48. The predicted molar refractivity (Wildman–Crippen MR) is 54.4 cm³/mol. The minimum Gasteiger partial charge on any atom is -0.392 e. The first-order valence-electron chi connectivity index (χ1n) is 5.25. The lowest BCUT2D eigenvalue weighted by Crippen LogP contribution is -2.37. The fourth-order valence-corrected chi connectivity index (χ4v) is 1.52. The molecule has 0 radical (unpaired) electrons. The summed E-state index contributed by atoms with van der Waals surface area (Å²) >= 11 is 0. The van der Waals surface area contributed by atoms with Crippen molar-refractivity contribution in [2.75, 3.05) is 11.4 Å². The van der Waals surface area contributed by atoms with E-state index in [1.54, 1.807) is 0 Å². The van der Waals surface area contributed by atoms with E-state index in [0.29, 0.717) is 5.56 Å². The lowest BCUT2D eigenvalue weighted by molar-refractivity contribution is -0.120. The van der Waals surface area contributed by atoms with Crippen LogP contribution in [0.1, 0.15) is 18.4 Å². The van der Waals surface area contributed by atoms with Crippen molar-refractivity contribution in [3.05, 3.63) is 18.0 Å². The first-order valence-corrected chi connectivity index (χ1v) is 5.25. The van der Waals surface area contributed by atoms with E-state index in [4.69, 9.17) is 5.11 Å². The highest BCUT2D eigenvalue weighted by molar-refractivity contribution is 5.34. The maximum absolute atomic E-state index is 12.4. The van der Waals surface area contributed by atoms with Crippen LogP contribution in [0, 0.1) is 0 Å². The van der Waals surface area contributed by atoms with Crippen molar-refractivity contribution in [1.82, 2.24) is 9.97 Å². The molecule has 1 aromatic heterocycles. The molecule has 0 aliphatic heterocycles. The SMILES string of the molecule is OCc1cnc(N(CC(F)(F)F)C2CC2)nc1. The highest BCUT2D eigenvalue weighted by Gasteiger charge is 2.39. The highest BCUT2D eigenvalue weighted by atomic mass is 19.4. The van der Waals surface area contributed by atoms with Crippen molar-refractivity contribution < 1.29 is 18.3 Å². The molecule has 1 fully saturated rings. The van der Waals surface area contributed by atoms with Crippen LogP contribution < -0.4 is 4.90 Å². The van der Waals surface area contributed by atoms with Gasteiger partial charge < -0.3 is 10.0 Å². The van der Waals surface area contributed by atoms with Crippen molar-refractivity contribution in [3.63, 3.8) is 0 Å². The first kappa shape index (κ1) is 12.1. The zero-order valence-electron chi connectivity index (χ0n) is 8.98. The van der Waals surface area contributed by atoms with Gasteiger partial charge in [-0.25, -0.2) is 9.97 Å². The number of alkyl halides is 3. The molecular formula is C10H12F3N3O. The maximum Gasteiger partial charge on any atom is 0.406 e. The van der Waals surface area contributed by atoms with Gasteiger partial charge in [-0.15, -0.1) is 0 Å². The average Bonchev–Trinajstić information content (AvgIpc) is 3.09. The van der Waals surface area contributed by atoms with Crippen LogP contribution in [0.15, 0.2) is 12.4 Å². The van der Waals surface area contributed by atoms with E-state index < -0.39 is 12.7 Å². The van der Waals surface area contributed by atoms with Crippen LogP contribution in [0.5, 0.6) is 0 Å². The number of rotatable bonds is 4. The monoisotopic (exact) mass is 247 g/mol. The summed E-state index contributed by atoms with van der Waals surface area (Å²) in [5.74, 6) is 0.0713. The molecule has 1 heterocycles. The Hall–Kier alpha value is -1.37. The van der Waals surface area contributed by atoms with Gasteiger partial charge >= 0.3 is 6.18 Å². The molecule has 94 valence electrons. The molecular weight excluding hydrogens is 235 g/mol. The fraction of sp³-hybridized carbons (Fsp3) is 0.600. The lowest BCUT2D eigenvalue weighted by Gasteiger charge is -2.23. The van der Waals surface area contributed by atoms with Crippen LogP contribution in [0.2, 0.25) is 0 Å². The molecule has 1 saturated carbocycles. The van der Waals surface area contributed by atoms with Crippen LogP contribution in [0.4, 0.5) is 19.1 Å². The summed E-state index contributed by atoms with van der Waals surface area (Å²) in [7, 11) is 0. The summed E-state index contributed by atoms with van der Waals surface area (Å²) in [6.07, 6.45) is -0.105. The number of hydrogen-bond donors (Lipinski definition) is 1. The Morgan fingerprint density at radius 1 is 1.29 bits per heavy atom. The van der Waals surface area contributed by atoms with E-state index in [-0.39, 0.29) is 18.6 Å². The van der Waals surface area contributed by atoms with Crippen LogP contribution in [0.3, 0.4) is 0 Å². The minimum absolute atomic E-state index is 0.0713. The third kappa shape index (κ3) is 3.29. The van der Waals surface area contributed by atoms with Crippen LogP contribution in [0.25, 0.3) is 0 Å². The Labute approximate surface area is 96.1 Å². The van der Waals surface area contributed by atoms with Crippen LogP contribution in [-0.2, 0) is 6.61 Å². The standard InChI is InChI=1S/C10H12F3N3O/c11-10(12,13)6-16(8-1-2-8)9-14-3-7(5-17)4-15-9/h3-4,8,17H,1-2,5-6H2. The topological polar surface area (TPSA) is 49.3 Å². The summed E-state index contributed by atoms with van der Waals surface area (Å²) in [5.41, 5.74) is 0.483. The van der Waals surface area contributed by atoms with Gasteiger partial charge in [0.25, 0.3) is 0 Å². The van der Waals surface area contributed by atoms with Crippen molar-refractivity contribution in [2.45, 2.75) is 31.7 Å². The number of aliphatic hydroxyl groups excluding tert-OH is 1. The predicted octanol–water partition coefficient (Wildman–Crippen LogP) is 1.50. The molecule has 2 rings (SSSR count). The Morgan fingerprint density at radius 3 is 2.29 bits per heavy atom. The number of hydrogen-bond acceptors (Lipinski definition) is 4. The Bertz CT molecular complexity index is 375. The van der Waals surface area contributed by atoms with E-state index in [1.807, 2.05) is 0 Å². The molecule has 0 spiro atoms. The fourth-order valence-electron chi connectivity index (χ4n) is 1.52. The number of anilines is 1. The van der Waals surface area contributed by atoms with Gasteiger partial charge in [-0.3, -0.25) is 0 Å². The Kier molecular flexibility index (Phi) is 3.19. The van der Waals surface area contributed by atoms with Crippen LogP contribution >= 0.6 is 0 Å². The highest BCUT2D eigenvalue weighted by Crippen LogP contribution is 2.32. The third-order valence-electron chi connectivity index (χ3n) is 2.47. The van der Waals surface area contributed by atoms with E-state index >= 15 is 0 Å². The molecule has 1 aromatic rings. The number of aromatic nitrogens is 2. The molecule has 0 amide bonds. The van der Waals surface area contributed by atoms with Gasteiger partial charge in [-0.2, -0.15) is 13.2 Å². The molecule has 0 bridgehead atoms. The molecule has 0 aromatic carbocycles. The van der Waals surface area contributed by atoms with Crippen LogP contribution in [-0.4, -0.2) is 33.8 Å². The summed E-state index contributed by atoms with van der Waals surface area (Å²) in [6.45, 7) is -1.25. The Balaban J connectivity index is 2.14. The van der Waals surface area contributed by atoms with E-state index in [2.05, 4.69) is 9.97 Å². The number of halogens is 3. The molecule has 0 saturated heterocycles. The number of nitrogens with zero attached hydrogens (tertiary/aromatic N) is 3. The molecule has 1 N–H and O–H groups in total. The quantitative estimate of drug-likeness (QED) is 0.876. The van der Waals surface area contributed by atoms with Gasteiger partial charge in [-0.1, -0.05) is 0 Å². The second-order valence-corrected chi connectivity index (χ2v) is 4.02. The van der Waals surface area contributed by atoms with E-state index in [9.17, 15) is 13.2 Å². The molecule has 1 aliphatic rings. The zero-order chi connectivity index (χ0) is 12.5. The molecule has 17 heavy (non-hydrogen) atoms. The zero-order valence-corrected chi connectivity index (χ0v) is 8.98. The van der Waals surface area contributed by atoms with Gasteiger partial charge in [0, 0.05) is 24.0 Å². The van der Waals surface area contributed by atoms with Crippen molar-refractivity contribution in [2.24, 2.45) is 0 Å². The number of aliphatic hydroxyl groups is 1. The van der Waals surface area contributed by atoms with Gasteiger partial charge in [-0.05, 0) is 12.8 Å². The summed E-state index contributed by atoms with van der Waals surface area (Å²) in [6, 6.07) is -0.114. The molecule has 0 atom stereocenters.